The summed E-state index contributed by atoms with van der Waals surface area (Å²) in [6.07, 6.45) is 11.1. The maximum atomic E-state index is 11.7. The Morgan fingerprint density at radius 2 is 1.88 bits per heavy atom. The topological polar surface area (TPSA) is 17.1 Å². The second-order valence-corrected chi connectivity index (χ2v) is 5.37. The molecule has 0 fully saturated rings. The van der Waals surface area contributed by atoms with Crippen LogP contribution in [0.2, 0.25) is 0 Å². The van der Waals surface area contributed by atoms with Crippen molar-refractivity contribution in [2.75, 3.05) is 0 Å². The van der Waals surface area contributed by atoms with Gasteiger partial charge in [0.15, 0.2) is 5.78 Å². The fraction of sp³-hybridized carbons (Fsp3) is 0.533. The van der Waals surface area contributed by atoms with E-state index in [0.717, 1.165) is 24.8 Å². The lowest BCUT2D eigenvalue weighted by molar-refractivity contribution is -0.111. The Morgan fingerprint density at radius 1 is 1.19 bits per heavy atom. The molecule has 1 rings (SSSR count). The minimum Gasteiger partial charge on any atom is -0.290 e. The van der Waals surface area contributed by atoms with Gasteiger partial charge in [0.05, 0.1) is 0 Å². The molecule has 0 atom stereocenters. The number of hydrogen-bond acceptors (Lipinski definition) is 1. The van der Waals surface area contributed by atoms with Gasteiger partial charge in [0, 0.05) is 0 Å². The predicted octanol–water partition coefficient (Wildman–Crippen LogP) is 4.21. The van der Waals surface area contributed by atoms with E-state index in [-0.39, 0.29) is 11.2 Å². The van der Waals surface area contributed by atoms with Crippen molar-refractivity contribution in [2.45, 2.75) is 47.0 Å². The number of ketones is 1. The number of carbonyl (C=O) groups excluding carboxylic acids is 1. The zero-order valence-corrected chi connectivity index (χ0v) is 10.8. The Morgan fingerprint density at radius 3 is 2.56 bits per heavy atom. The molecule has 0 N–H and O–H groups in total. The van der Waals surface area contributed by atoms with Crippen LogP contribution in [0.15, 0.2) is 35.5 Å². The summed E-state index contributed by atoms with van der Waals surface area (Å²) in [5.41, 5.74) is 2.35. The Bertz CT molecular complexity index is 354. The van der Waals surface area contributed by atoms with E-state index >= 15 is 0 Å². The van der Waals surface area contributed by atoms with Crippen molar-refractivity contribution < 1.29 is 4.79 Å². The molecule has 0 saturated carbocycles. The van der Waals surface area contributed by atoms with Crippen LogP contribution in [0.3, 0.4) is 0 Å². The third kappa shape index (κ3) is 4.18. The number of rotatable bonds is 0. The third-order valence-electron chi connectivity index (χ3n) is 3.04. The molecule has 0 bridgehead atoms. The molecule has 0 amide bonds. The van der Waals surface area contributed by atoms with E-state index in [1.54, 1.807) is 6.08 Å². The first-order valence-corrected chi connectivity index (χ1v) is 5.97. The summed E-state index contributed by atoms with van der Waals surface area (Å²) in [4.78, 5) is 11.7. The molecule has 0 spiro atoms. The molecule has 1 aliphatic carbocycles. The average molecular weight is 218 g/mol. The van der Waals surface area contributed by atoms with Crippen LogP contribution in [-0.4, -0.2) is 5.78 Å². The van der Waals surface area contributed by atoms with E-state index in [2.05, 4.69) is 26.8 Å². The van der Waals surface area contributed by atoms with E-state index in [1.807, 2.05) is 19.1 Å². The average Bonchev–Trinajstić information content (AvgIpc) is 2.23. The Labute approximate surface area is 98.9 Å². The molecular formula is C15H22O. The maximum Gasteiger partial charge on any atom is 0.180 e. The van der Waals surface area contributed by atoms with Crippen molar-refractivity contribution >= 4 is 5.78 Å². The molecule has 16 heavy (non-hydrogen) atoms. The largest absolute Gasteiger partial charge is 0.290 e. The minimum absolute atomic E-state index is 0.0710. The van der Waals surface area contributed by atoms with E-state index < -0.39 is 0 Å². The van der Waals surface area contributed by atoms with Crippen molar-refractivity contribution in [3.8, 4) is 0 Å². The highest BCUT2D eigenvalue weighted by atomic mass is 16.1. The Kier molecular flexibility index (Phi) is 4.28. The predicted molar refractivity (Wildman–Crippen MR) is 69.3 cm³/mol. The summed E-state index contributed by atoms with van der Waals surface area (Å²) in [5.74, 6) is 0.146. The van der Waals surface area contributed by atoms with Crippen molar-refractivity contribution in [1.29, 1.82) is 0 Å². The molecule has 1 nitrogen and oxygen atoms in total. The first kappa shape index (κ1) is 13.0. The zero-order chi connectivity index (χ0) is 12.2. The first-order valence-electron chi connectivity index (χ1n) is 5.97. The first-order chi connectivity index (χ1) is 7.41. The molecule has 0 unspecified atom stereocenters. The Balaban J connectivity index is 2.95. The molecule has 0 aromatic heterocycles. The van der Waals surface area contributed by atoms with Crippen LogP contribution >= 0.6 is 0 Å². The van der Waals surface area contributed by atoms with E-state index in [9.17, 15) is 4.79 Å². The molecule has 0 aromatic rings. The monoisotopic (exact) mass is 218 g/mol. The fourth-order valence-electron chi connectivity index (χ4n) is 1.66. The minimum atomic E-state index is 0.0710. The quantitative estimate of drug-likeness (QED) is 0.556. The van der Waals surface area contributed by atoms with Gasteiger partial charge < -0.3 is 0 Å². The van der Waals surface area contributed by atoms with Crippen molar-refractivity contribution in [1.82, 2.24) is 0 Å². The standard InChI is InChI=1S/C15H22O/c1-12-6-5-7-13(2)14(16)9-11-15(3,4)10-8-12/h7-9,11H,5-6,10H2,1-4H3/b11-9-,12-8+,13-7-. The summed E-state index contributed by atoms with van der Waals surface area (Å²) < 4.78 is 0. The SMILES string of the molecule is C/C1=C/CC/C(C)=C/CC(C)(C)/C=C\C1=O. The van der Waals surface area contributed by atoms with Gasteiger partial charge in [0.1, 0.15) is 0 Å². The van der Waals surface area contributed by atoms with Crippen molar-refractivity contribution in [3.63, 3.8) is 0 Å². The lowest BCUT2D eigenvalue weighted by Gasteiger charge is -2.18. The summed E-state index contributed by atoms with van der Waals surface area (Å²) in [7, 11) is 0. The number of hydrogen-bond donors (Lipinski definition) is 0. The molecule has 0 radical (unpaired) electrons. The highest BCUT2D eigenvalue weighted by Gasteiger charge is 2.13. The third-order valence-corrected chi connectivity index (χ3v) is 3.04. The molecule has 0 saturated heterocycles. The lowest BCUT2D eigenvalue weighted by Crippen LogP contribution is -2.07. The van der Waals surface area contributed by atoms with Crippen LogP contribution in [0.25, 0.3) is 0 Å². The van der Waals surface area contributed by atoms with Gasteiger partial charge in [-0.15, -0.1) is 0 Å². The second kappa shape index (κ2) is 5.29. The van der Waals surface area contributed by atoms with Crippen LogP contribution in [-0.2, 0) is 4.79 Å². The van der Waals surface area contributed by atoms with Gasteiger partial charge in [-0.05, 0) is 50.2 Å². The molecule has 0 aliphatic heterocycles. The van der Waals surface area contributed by atoms with Crippen LogP contribution < -0.4 is 0 Å². The van der Waals surface area contributed by atoms with Gasteiger partial charge in [-0.2, -0.15) is 0 Å². The van der Waals surface area contributed by atoms with Gasteiger partial charge >= 0.3 is 0 Å². The Hall–Kier alpha value is -1.11. The fourth-order valence-corrected chi connectivity index (χ4v) is 1.66. The van der Waals surface area contributed by atoms with Gasteiger partial charge in [-0.3, -0.25) is 4.79 Å². The van der Waals surface area contributed by atoms with Crippen LogP contribution in [0, 0.1) is 5.41 Å². The van der Waals surface area contributed by atoms with Gasteiger partial charge in [-0.25, -0.2) is 0 Å². The molecule has 88 valence electrons. The summed E-state index contributed by atoms with van der Waals surface area (Å²) in [6, 6.07) is 0. The van der Waals surface area contributed by atoms with E-state index in [1.165, 1.54) is 5.57 Å². The summed E-state index contributed by atoms with van der Waals surface area (Å²) >= 11 is 0. The smallest absolute Gasteiger partial charge is 0.180 e. The zero-order valence-electron chi connectivity index (χ0n) is 10.8. The molecule has 0 aromatic carbocycles. The summed E-state index contributed by atoms with van der Waals surface area (Å²) in [5, 5.41) is 0. The molecular weight excluding hydrogens is 196 g/mol. The number of allylic oxidation sites excluding steroid dienone is 6. The second-order valence-electron chi connectivity index (χ2n) is 5.37. The normalized spacial score (nSPS) is 30.6. The number of carbonyl (C=O) groups is 1. The molecule has 1 heteroatoms. The molecule has 0 heterocycles. The van der Waals surface area contributed by atoms with Crippen molar-refractivity contribution in [2.24, 2.45) is 5.41 Å². The van der Waals surface area contributed by atoms with Crippen LogP contribution in [0.5, 0.6) is 0 Å². The lowest BCUT2D eigenvalue weighted by atomic mass is 9.87. The van der Waals surface area contributed by atoms with Gasteiger partial charge in [-0.1, -0.05) is 37.6 Å². The molecule has 1 aliphatic rings. The van der Waals surface area contributed by atoms with Crippen LogP contribution in [0.4, 0.5) is 0 Å². The van der Waals surface area contributed by atoms with Crippen LogP contribution in [0.1, 0.15) is 47.0 Å². The highest BCUT2D eigenvalue weighted by molar-refractivity contribution is 6.03. The van der Waals surface area contributed by atoms with Gasteiger partial charge in [0.25, 0.3) is 0 Å². The highest BCUT2D eigenvalue weighted by Crippen LogP contribution is 2.25. The van der Waals surface area contributed by atoms with Gasteiger partial charge in [0.2, 0.25) is 0 Å². The van der Waals surface area contributed by atoms with Crippen molar-refractivity contribution in [3.05, 3.63) is 35.5 Å². The van der Waals surface area contributed by atoms with E-state index in [0.29, 0.717) is 0 Å². The maximum absolute atomic E-state index is 11.7. The van der Waals surface area contributed by atoms with E-state index in [4.69, 9.17) is 0 Å². The summed E-state index contributed by atoms with van der Waals surface area (Å²) in [6.45, 7) is 8.40.